The second-order valence-electron chi connectivity index (χ2n) is 4.06. The van der Waals surface area contributed by atoms with Crippen molar-refractivity contribution >= 4 is 5.97 Å². The van der Waals surface area contributed by atoms with Crippen molar-refractivity contribution in [2.75, 3.05) is 6.54 Å². The number of hydrogen-bond donors (Lipinski definition) is 0. The summed E-state index contributed by atoms with van der Waals surface area (Å²) in [5.41, 5.74) is 0. The van der Waals surface area contributed by atoms with Crippen molar-refractivity contribution in [2.45, 2.75) is 44.4 Å². The van der Waals surface area contributed by atoms with Crippen LogP contribution in [-0.4, -0.2) is 29.7 Å². The third kappa shape index (κ3) is 1.82. The number of nitrogens with zero attached hydrogens (tertiary/aromatic N) is 1. The van der Waals surface area contributed by atoms with Crippen LogP contribution in [0.3, 0.4) is 0 Å². The molecule has 0 aromatic heterocycles. The monoisotopic (exact) mass is 195 g/mol. The van der Waals surface area contributed by atoms with Gasteiger partial charge in [0.2, 0.25) is 0 Å². The smallest absolute Gasteiger partial charge is 0.331 e. The second-order valence-corrected chi connectivity index (χ2v) is 4.06. The van der Waals surface area contributed by atoms with Gasteiger partial charge < -0.3 is 4.74 Å². The van der Waals surface area contributed by atoms with Crippen molar-refractivity contribution in [3.05, 3.63) is 12.7 Å². The van der Waals surface area contributed by atoms with Crippen LogP contribution in [0.4, 0.5) is 0 Å². The van der Waals surface area contributed by atoms with E-state index in [9.17, 15) is 4.79 Å². The molecule has 2 fully saturated rings. The van der Waals surface area contributed by atoms with Crippen molar-refractivity contribution < 1.29 is 9.53 Å². The van der Waals surface area contributed by atoms with Crippen molar-refractivity contribution in [1.29, 1.82) is 0 Å². The summed E-state index contributed by atoms with van der Waals surface area (Å²) in [6.45, 7) is 4.50. The topological polar surface area (TPSA) is 29.5 Å². The first-order valence-electron chi connectivity index (χ1n) is 5.40. The minimum atomic E-state index is -0.291. The molecular weight excluding hydrogens is 178 g/mol. The predicted molar refractivity (Wildman–Crippen MR) is 53.7 cm³/mol. The van der Waals surface area contributed by atoms with E-state index in [4.69, 9.17) is 4.74 Å². The molecule has 3 nitrogen and oxygen atoms in total. The summed E-state index contributed by atoms with van der Waals surface area (Å²) in [7, 11) is 0. The fourth-order valence-electron chi connectivity index (χ4n) is 2.20. The Morgan fingerprint density at radius 3 is 2.71 bits per heavy atom. The number of carbonyl (C=O) groups is 1. The van der Waals surface area contributed by atoms with Crippen LogP contribution in [0.1, 0.15) is 32.1 Å². The molecule has 1 saturated carbocycles. The molecule has 2 rings (SSSR count). The number of rotatable bonds is 3. The molecule has 0 amide bonds. The highest BCUT2D eigenvalue weighted by Gasteiger charge is 2.35. The summed E-state index contributed by atoms with van der Waals surface area (Å²) < 4.78 is 5.30. The van der Waals surface area contributed by atoms with Gasteiger partial charge in [0.05, 0.1) is 0 Å². The average Bonchev–Trinajstić information content (AvgIpc) is 2.50. The summed E-state index contributed by atoms with van der Waals surface area (Å²) >= 11 is 0. The van der Waals surface area contributed by atoms with Gasteiger partial charge in [-0.3, -0.25) is 4.90 Å². The Hall–Kier alpha value is -0.830. The van der Waals surface area contributed by atoms with E-state index in [1.54, 1.807) is 0 Å². The Morgan fingerprint density at radius 1 is 1.36 bits per heavy atom. The molecule has 0 spiro atoms. The molecule has 14 heavy (non-hydrogen) atoms. The molecule has 1 saturated heterocycles. The van der Waals surface area contributed by atoms with Crippen molar-refractivity contribution in [1.82, 2.24) is 4.90 Å². The molecule has 0 aromatic carbocycles. The Labute approximate surface area is 84.7 Å². The van der Waals surface area contributed by atoms with E-state index < -0.39 is 0 Å². The summed E-state index contributed by atoms with van der Waals surface area (Å²) in [5.74, 6) is -0.291. The number of likely N-dealkylation sites (tertiary alicyclic amines) is 1. The normalized spacial score (nSPS) is 28.4. The molecule has 1 aliphatic carbocycles. The summed E-state index contributed by atoms with van der Waals surface area (Å²) in [4.78, 5) is 13.4. The molecule has 78 valence electrons. The molecular formula is C11H17NO2. The van der Waals surface area contributed by atoms with Crippen molar-refractivity contribution in [3.63, 3.8) is 0 Å². The third-order valence-electron chi connectivity index (χ3n) is 3.20. The van der Waals surface area contributed by atoms with E-state index >= 15 is 0 Å². The van der Waals surface area contributed by atoms with Crippen molar-refractivity contribution in [2.24, 2.45) is 0 Å². The maximum Gasteiger partial charge on any atom is 0.331 e. The van der Waals surface area contributed by atoms with Gasteiger partial charge in [0.1, 0.15) is 0 Å². The lowest BCUT2D eigenvalue weighted by Gasteiger charge is -2.37. The zero-order valence-electron chi connectivity index (χ0n) is 8.45. The van der Waals surface area contributed by atoms with Gasteiger partial charge in [0, 0.05) is 18.7 Å². The molecule has 1 aliphatic heterocycles. The molecule has 3 heteroatoms. The van der Waals surface area contributed by atoms with Gasteiger partial charge in [-0.2, -0.15) is 0 Å². The van der Waals surface area contributed by atoms with Crippen LogP contribution >= 0.6 is 0 Å². The quantitative estimate of drug-likeness (QED) is 0.507. The van der Waals surface area contributed by atoms with Gasteiger partial charge in [-0.05, 0) is 25.7 Å². The maximum absolute atomic E-state index is 11.1. The highest BCUT2D eigenvalue weighted by atomic mass is 16.6. The molecule has 1 unspecified atom stereocenters. The van der Waals surface area contributed by atoms with Crippen LogP contribution < -0.4 is 0 Å². The zero-order valence-corrected chi connectivity index (χ0v) is 8.45. The van der Waals surface area contributed by atoms with E-state index in [0.29, 0.717) is 6.04 Å². The molecule has 1 heterocycles. The lowest BCUT2D eigenvalue weighted by Crippen LogP contribution is -2.44. The Bertz CT molecular complexity index is 235. The standard InChI is InChI=1S/C11H17NO2/c1-2-11(13)14-10-7-4-8-12(10)9-5-3-6-9/h2,9-10H,1,3-8H2. The van der Waals surface area contributed by atoms with Gasteiger partial charge in [0.25, 0.3) is 0 Å². The number of esters is 1. The predicted octanol–water partition coefficient (Wildman–Crippen LogP) is 1.69. The molecule has 0 aromatic rings. The molecule has 1 atom stereocenters. The molecule has 2 aliphatic rings. The average molecular weight is 195 g/mol. The Balaban J connectivity index is 1.89. The first kappa shape index (κ1) is 9.71. The number of ether oxygens (including phenoxy) is 1. The summed E-state index contributed by atoms with van der Waals surface area (Å²) in [6, 6.07) is 0.667. The van der Waals surface area contributed by atoms with E-state index in [2.05, 4.69) is 11.5 Å². The van der Waals surface area contributed by atoms with E-state index in [1.807, 2.05) is 0 Å². The van der Waals surface area contributed by atoms with Crippen LogP contribution in [0, 0.1) is 0 Å². The highest BCUT2D eigenvalue weighted by molar-refractivity contribution is 5.81. The molecule has 0 N–H and O–H groups in total. The number of carbonyl (C=O) groups excluding carboxylic acids is 1. The summed E-state index contributed by atoms with van der Waals surface area (Å²) in [5, 5.41) is 0. The lowest BCUT2D eigenvalue weighted by atomic mass is 9.92. The zero-order chi connectivity index (χ0) is 9.97. The van der Waals surface area contributed by atoms with Gasteiger partial charge in [-0.1, -0.05) is 13.0 Å². The van der Waals surface area contributed by atoms with Gasteiger partial charge in [0.15, 0.2) is 6.23 Å². The lowest BCUT2D eigenvalue weighted by molar-refractivity contribution is -0.153. The van der Waals surface area contributed by atoms with Crippen LogP contribution in [0.15, 0.2) is 12.7 Å². The van der Waals surface area contributed by atoms with Crippen LogP contribution in [0.5, 0.6) is 0 Å². The highest BCUT2D eigenvalue weighted by Crippen LogP contribution is 2.31. The van der Waals surface area contributed by atoms with Crippen LogP contribution in [0.2, 0.25) is 0 Å². The largest absolute Gasteiger partial charge is 0.443 e. The van der Waals surface area contributed by atoms with E-state index in [-0.39, 0.29) is 12.2 Å². The Morgan fingerprint density at radius 2 is 2.14 bits per heavy atom. The van der Waals surface area contributed by atoms with Crippen LogP contribution in [-0.2, 0) is 9.53 Å². The fraction of sp³-hybridized carbons (Fsp3) is 0.727. The number of hydrogen-bond acceptors (Lipinski definition) is 3. The van der Waals surface area contributed by atoms with E-state index in [1.165, 1.54) is 25.3 Å². The minimum Gasteiger partial charge on any atom is -0.443 e. The first-order valence-corrected chi connectivity index (χ1v) is 5.40. The molecule has 0 radical (unpaired) electrons. The van der Waals surface area contributed by atoms with Gasteiger partial charge in [-0.15, -0.1) is 0 Å². The second kappa shape index (κ2) is 4.13. The summed E-state index contributed by atoms with van der Waals surface area (Å²) in [6.07, 6.45) is 7.25. The fourth-order valence-corrected chi connectivity index (χ4v) is 2.20. The van der Waals surface area contributed by atoms with E-state index in [0.717, 1.165) is 19.4 Å². The van der Waals surface area contributed by atoms with Crippen molar-refractivity contribution in [3.8, 4) is 0 Å². The third-order valence-corrected chi connectivity index (χ3v) is 3.20. The Kier molecular flexibility index (Phi) is 2.87. The minimum absolute atomic E-state index is 0.0193. The van der Waals surface area contributed by atoms with Gasteiger partial charge >= 0.3 is 5.97 Å². The maximum atomic E-state index is 11.1. The SMILES string of the molecule is C=CC(=O)OC1CCCN1C1CCC1. The molecule has 0 bridgehead atoms. The van der Waals surface area contributed by atoms with Gasteiger partial charge in [-0.25, -0.2) is 4.79 Å². The first-order chi connectivity index (χ1) is 6.81. The van der Waals surface area contributed by atoms with Crippen LogP contribution in [0.25, 0.3) is 0 Å².